The Hall–Kier alpha value is -5.06. The highest BCUT2D eigenvalue weighted by molar-refractivity contribution is 7.33. The van der Waals surface area contributed by atoms with Gasteiger partial charge in [-0.3, -0.25) is 0 Å². The van der Waals surface area contributed by atoms with Crippen molar-refractivity contribution >= 4 is 78.0 Å². The van der Waals surface area contributed by atoms with Gasteiger partial charge >= 0.3 is 0 Å². The maximum Gasteiger partial charge on any atom is 0.264 e. The highest BCUT2D eigenvalue weighted by Gasteiger charge is 2.68. The van der Waals surface area contributed by atoms with Gasteiger partial charge in [-0.05, 0) is 224 Å². The minimum absolute atomic E-state index is 0.0157. The van der Waals surface area contributed by atoms with Crippen LogP contribution in [0.1, 0.15) is 175 Å². The first-order chi connectivity index (χ1) is 36.0. The Morgan fingerprint density at radius 3 is 1.68 bits per heavy atom. The van der Waals surface area contributed by atoms with E-state index in [0.29, 0.717) is 0 Å². The molecular weight excluding hydrogens is 936 g/mol. The Kier molecular flexibility index (Phi) is 9.88. The van der Waals surface area contributed by atoms with Crippen LogP contribution in [-0.4, -0.2) is 6.71 Å². The Morgan fingerprint density at radius 2 is 1.07 bits per heavy atom. The van der Waals surface area contributed by atoms with E-state index >= 15 is 0 Å². The number of thiophene rings is 1. The van der Waals surface area contributed by atoms with Crippen LogP contribution in [0.15, 0.2) is 115 Å². The van der Waals surface area contributed by atoms with Crippen molar-refractivity contribution in [2.24, 2.45) is 41.4 Å². The molecule has 3 heterocycles. The van der Waals surface area contributed by atoms with Crippen LogP contribution in [0.3, 0.4) is 0 Å². The second kappa shape index (κ2) is 15.6. The zero-order valence-corrected chi connectivity index (χ0v) is 48.9. The van der Waals surface area contributed by atoms with Gasteiger partial charge in [-0.15, -0.1) is 11.3 Å². The molecule has 10 aliphatic rings. The molecule has 17 rings (SSSR count). The molecule has 2 nitrogen and oxygen atoms in total. The maximum absolute atomic E-state index is 2.84. The first kappa shape index (κ1) is 48.1. The molecule has 0 N–H and O–H groups in total. The monoisotopic (exact) mass is 1020 g/mol. The van der Waals surface area contributed by atoms with Gasteiger partial charge in [-0.1, -0.05) is 157 Å². The predicted octanol–water partition coefficient (Wildman–Crippen LogP) is 17.9. The van der Waals surface area contributed by atoms with Crippen molar-refractivity contribution < 1.29 is 0 Å². The maximum atomic E-state index is 2.84. The highest BCUT2D eigenvalue weighted by Crippen LogP contribution is 2.75. The van der Waals surface area contributed by atoms with Gasteiger partial charge in [0.05, 0.1) is 11.4 Å². The largest absolute Gasteiger partial charge is 0.311 e. The zero-order chi connectivity index (χ0) is 52.5. The van der Waals surface area contributed by atoms with Crippen molar-refractivity contribution in [3.63, 3.8) is 0 Å². The fraction of sp³-hybridized carbons (Fsp3) is 0.472. The summed E-state index contributed by atoms with van der Waals surface area (Å²) in [6.45, 7) is 31.5. The van der Waals surface area contributed by atoms with Gasteiger partial charge in [-0.25, -0.2) is 0 Å². The van der Waals surface area contributed by atoms with Crippen molar-refractivity contribution in [1.29, 1.82) is 0 Å². The standard InChI is InChI=1S/C72H81BN2S/c1-67(2,3)43-20-18-42(19-21-43)49-33-44(68(4,5)6)22-26-59(49)75-60-27-23-45(69(7,8)9)34-58(60)73-64-61(35-46(36-62(64)75)72-38-53-50-30-41-31-51(53)55(40-72)52(32-41)54(50)39-72)74(65-48-16-14-15-17-63(48)76-66(65)73)47-24-25-56-57(37-47)71(12,13)29-28-70(56,10)11/h14-27,33-37,41,50-55H,28-32,38-40H2,1-13H3. The summed E-state index contributed by atoms with van der Waals surface area (Å²) in [6.07, 6.45) is 11.1. The lowest BCUT2D eigenvalue weighted by molar-refractivity contribution is -0.212. The summed E-state index contributed by atoms with van der Waals surface area (Å²) < 4.78 is 2.86. The molecule has 0 spiro atoms. The smallest absolute Gasteiger partial charge is 0.264 e. The van der Waals surface area contributed by atoms with Crippen LogP contribution in [0.25, 0.3) is 21.2 Å². The molecule has 7 fully saturated rings. The minimum Gasteiger partial charge on any atom is -0.311 e. The number of nitrogens with zero attached hydrogens (tertiary/aromatic N) is 2. The van der Waals surface area contributed by atoms with Crippen LogP contribution in [0.4, 0.5) is 34.1 Å². The first-order valence-electron chi connectivity index (χ1n) is 29.8. The molecule has 1 aromatic heterocycles. The first-order valence-corrected chi connectivity index (χ1v) is 30.6. The summed E-state index contributed by atoms with van der Waals surface area (Å²) in [5, 5.41) is 1.38. The third-order valence-corrected chi connectivity index (χ3v) is 23.5. The van der Waals surface area contributed by atoms with E-state index in [1.165, 1.54) is 150 Å². The van der Waals surface area contributed by atoms with Crippen molar-refractivity contribution in [3.05, 3.63) is 149 Å². The summed E-state index contributed by atoms with van der Waals surface area (Å²) in [5.74, 6) is 6.55. The van der Waals surface area contributed by atoms with E-state index in [-0.39, 0.29) is 39.2 Å². The van der Waals surface area contributed by atoms with E-state index in [9.17, 15) is 0 Å². The van der Waals surface area contributed by atoms with E-state index in [1.807, 2.05) is 0 Å². The average molecular weight is 1020 g/mol. The second-order valence-electron chi connectivity index (χ2n) is 30.6. The van der Waals surface area contributed by atoms with Gasteiger partial charge in [0.15, 0.2) is 0 Å². The predicted molar refractivity (Wildman–Crippen MR) is 326 cm³/mol. The third-order valence-electron chi connectivity index (χ3n) is 22.3. The third kappa shape index (κ3) is 6.76. The summed E-state index contributed by atoms with van der Waals surface area (Å²) >= 11 is 2.05. The number of hydrogen-bond acceptors (Lipinski definition) is 3. The van der Waals surface area contributed by atoms with Crippen LogP contribution < -0.4 is 25.5 Å². The lowest BCUT2D eigenvalue weighted by atomic mass is 9.32. The second-order valence-corrected chi connectivity index (χ2v) is 31.7. The normalized spacial score (nSPS) is 28.0. The van der Waals surface area contributed by atoms with Crippen molar-refractivity contribution in [1.82, 2.24) is 0 Å². The Bertz CT molecular complexity index is 3520. The van der Waals surface area contributed by atoms with E-state index in [4.69, 9.17) is 0 Å². The van der Waals surface area contributed by atoms with Gasteiger partial charge in [0, 0.05) is 43.2 Å². The van der Waals surface area contributed by atoms with Crippen LogP contribution in [0.5, 0.6) is 0 Å². The molecule has 8 bridgehead atoms. The van der Waals surface area contributed by atoms with E-state index in [2.05, 4.69) is 226 Å². The lowest BCUT2D eigenvalue weighted by Crippen LogP contribution is -2.66. The summed E-state index contributed by atoms with van der Waals surface area (Å²) in [6, 6.07) is 47.7. The number of rotatable bonds is 4. The molecule has 0 radical (unpaired) electrons. The van der Waals surface area contributed by atoms with Crippen LogP contribution in [0, 0.1) is 41.4 Å². The van der Waals surface area contributed by atoms with Crippen LogP contribution in [0.2, 0.25) is 0 Å². The molecule has 0 amide bonds. The molecule has 8 aliphatic carbocycles. The summed E-state index contributed by atoms with van der Waals surface area (Å²) in [7, 11) is 0. The molecule has 6 aromatic carbocycles. The van der Waals surface area contributed by atoms with Crippen molar-refractivity contribution in [3.8, 4) is 11.1 Å². The Morgan fingerprint density at radius 1 is 0.513 bits per heavy atom. The number of fused-ring (bicyclic) bond motifs is 7. The van der Waals surface area contributed by atoms with Crippen molar-refractivity contribution in [2.45, 2.75) is 174 Å². The molecular formula is C72H81BN2S. The van der Waals surface area contributed by atoms with Gasteiger partial charge in [-0.2, -0.15) is 0 Å². The van der Waals surface area contributed by atoms with Gasteiger partial charge in [0.2, 0.25) is 0 Å². The number of hydrogen-bond donors (Lipinski definition) is 0. The topological polar surface area (TPSA) is 6.48 Å². The van der Waals surface area contributed by atoms with Gasteiger partial charge in [0.25, 0.3) is 6.71 Å². The molecule has 76 heavy (non-hydrogen) atoms. The van der Waals surface area contributed by atoms with Crippen LogP contribution >= 0.6 is 11.3 Å². The van der Waals surface area contributed by atoms with Crippen LogP contribution in [-0.2, 0) is 32.5 Å². The van der Waals surface area contributed by atoms with Gasteiger partial charge < -0.3 is 9.80 Å². The Labute approximate surface area is 460 Å². The average Bonchev–Trinajstić information content (AvgIpc) is 3.83. The minimum atomic E-state index is -0.0220. The molecule has 7 saturated carbocycles. The fourth-order valence-corrected chi connectivity index (χ4v) is 19.6. The zero-order valence-electron chi connectivity index (χ0n) is 48.0. The molecule has 4 heteroatoms. The van der Waals surface area contributed by atoms with E-state index in [1.54, 1.807) is 5.56 Å². The Balaban J connectivity index is 1.05. The van der Waals surface area contributed by atoms with E-state index in [0.717, 1.165) is 41.4 Å². The number of benzene rings is 6. The number of anilines is 6. The highest BCUT2D eigenvalue weighted by atomic mass is 32.1. The van der Waals surface area contributed by atoms with Gasteiger partial charge in [0.1, 0.15) is 0 Å². The molecule has 7 aromatic rings. The summed E-state index contributed by atoms with van der Waals surface area (Å²) in [4.78, 5) is 5.64. The fourth-order valence-electron chi connectivity index (χ4n) is 18.3. The SMILES string of the molecule is CC(C)(C)c1ccc(-c2cc(C(C)(C)C)ccc2N2c3ccc(C(C)(C)C)cc3B3c4sc5ccccc5c4N(c4ccc5c(c4)C(C)(C)CCC5(C)C)c4cc(C56CC7C8CC9CC7C(C5)C(C9)C8C6)cc2c43)cc1. The van der Waals surface area contributed by atoms with E-state index < -0.39 is 0 Å². The molecule has 2 aliphatic heterocycles. The molecule has 0 saturated heterocycles. The molecule has 388 valence electrons. The summed E-state index contributed by atoms with van der Waals surface area (Å²) in [5.41, 5.74) is 22.9. The quantitative estimate of drug-likeness (QED) is 0.162. The molecule has 0 atom stereocenters. The van der Waals surface area contributed by atoms with Crippen molar-refractivity contribution in [2.75, 3.05) is 9.80 Å². The molecule has 0 unspecified atom stereocenters. The lowest BCUT2D eigenvalue weighted by Gasteiger charge is -2.72.